The second-order valence-corrected chi connectivity index (χ2v) is 5.99. The summed E-state index contributed by atoms with van der Waals surface area (Å²) in [6.07, 6.45) is 7.04. The van der Waals surface area contributed by atoms with E-state index in [1.807, 2.05) is 0 Å². The van der Waals surface area contributed by atoms with E-state index in [-0.39, 0.29) is 0 Å². The normalized spacial score (nSPS) is 41.1. The molecule has 0 unspecified atom stereocenters. The Balaban J connectivity index is 2.13. The molecule has 2 saturated carbocycles. The van der Waals surface area contributed by atoms with Crippen LogP contribution in [0.1, 0.15) is 52.9 Å². The van der Waals surface area contributed by atoms with E-state index in [1.54, 1.807) is 5.92 Å². The van der Waals surface area contributed by atoms with Crippen LogP contribution in [0, 0.1) is 29.6 Å². The standard InChI is InChI=1S/C15H25/c1-10(2)13-7-5-11(3)14-8-6-12(4)15(14)9-13/h12-15H,1,5-9H2,2-4H3/q+1/t12-,13+,14-,15-/m0/s1. The van der Waals surface area contributed by atoms with Gasteiger partial charge in [-0.05, 0) is 44.4 Å². The van der Waals surface area contributed by atoms with E-state index in [4.69, 9.17) is 0 Å². The number of rotatable bonds is 1. The summed E-state index contributed by atoms with van der Waals surface area (Å²) in [5.41, 5.74) is 1.42. The van der Waals surface area contributed by atoms with Gasteiger partial charge in [-0.2, -0.15) is 0 Å². The Morgan fingerprint density at radius 2 is 2.00 bits per heavy atom. The first kappa shape index (κ1) is 11.1. The summed E-state index contributed by atoms with van der Waals surface area (Å²) in [6, 6.07) is 0. The molecule has 0 radical (unpaired) electrons. The number of hydrogen-bond donors (Lipinski definition) is 0. The molecule has 0 nitrogen and oxygen atoms in total. The van der Waals surface area contributed by atoms with Gasteiger partial charge in [0.1, 0.15) is 5.92 Å². The average Bonchev–Trinajstić information content (AvgIpc) is 2.43. The minimum atomic E-state index is 0.801. The van der Waals surface area contributed by atoms with E-state index >= 15 is 0 Å². The molecular formula is C15H25+. The van der Waals surface area contributed by atoms with Crippen LogP contribution in [0.5, 0.6) is 0 Å². The molecule has 0 heterocycles. The quantitative estimate of drug-likeness (QED) is 0.433. The summed E-state index contributed by atoms with van der Waals surface area (Å²) in [5.74, 6) is 5.45. The SMILES string of the molecule is C=C(C)[C@@H]1CC[C+](C)[C@@H]2CC[C@H](C)[C@@H]2C1. The summed E-state index contributed by atoms with van der Waals surface area (Å²) < 4.78 is 0. The predicted molar refractivity (Wildman–Crippen MR) is 66.5 cm³/mol. The molecule has 0 saturated heterocycles. The fourth-order valence-corrected chi connectivity index (χ4v) is 3.76. The lowest BCUT2D eigenvalue weighted by atomic mass is 9.79. The molecule has 0 heteroatoms. The summed E-state index contributed by atoms with van der Waals surface area (Å²) in [7, 11) is 0. The van der Waals surface area contributed by atoms with Crippen molar-refractivity contribution in [2.24, 2.45) is 23.7 Å². The van der Waals surface area contributed by atoms with Gasteiger partial charge in [0.25, 0.3) is 0 Å². The Hall–Kier alpha value is -0.390. The van der Waals surface area contributed by atoms with Gasteiger partial charge in [0, 0.05) is 5.92 Å². The number of allylic oxidation sites excluding steroid dienone is 1. The summed E-state index contributed by atoms with van der Waals surface area (Å²) in [5, 5.41) is 0. The molecule has 2 rings (SSSR count). The molecule has 2 aliphatic rings. The van der Waals surface area contributed by atoms with Crippen LogP contribution < -0.4 is 0 Å². The largest absolute Gasteiger partial charge is 0.103 e. The second kappa shape index (κ2) is 4.23. The maximum atomic E-state index is 4.18. The van der Waals surface area contributed by atoms with Gasteiger partial charge in [-0.1, -0.05) is 19.1 Å². The highest BCUT2D eigenvalue weighted by molar-refractivity contribution is 5.08. The molecule has 0 N–H and O–H groups in total. The average molecular weight is 205 g/mol. The molecule has 0 spiro atoms. The third-order valence-corrected chi connectivity index (χ3v) is 4.95. The molecule has 15 heavy (non-hydrogen) atoms. The summed E-state index contributed by atoms with van der Waals surface area (Å²) >= 11 is 0. The Labute approximate surface area is 95.1 Å². The zero-order valence-corrected chi connectivity index (χ0v) is 10.6. The van der Waals surface area contributed by atoms with Gasteiger partial charge in [0.05, 0.1) is 19.3 Å². The lowest BCUT2D eigenvalue weighted by molar-refractivity contribution is 0.300. The molecule has 84 valence electrons. The van der Waals surface area contributed by atoms with Crippen molar-refractivity contribution in [1.82, 2.24) is 0 Å². The first-order chi connectivity index (χ1) is 7.09. The Bertz CT molecular complexity index is 240. The van der Waals surface area contributed by atoms with Crippen molar-refractivity contribution < 1.29 is 0 Å². The molecule has 2 aliphatic carbocycles. The van der Waals surface area contributed by atoms with Gasteiger partial charge in [-0.15, -0.1) is 0 Å². The first-order valence-corrected chi connectivity index (χ1v) is 6.57. The Kier molecular flexibility index (Phi) is 3.13. The van der Waals surface area contributed by atoms with E-state index in [0.717, 1.165) is 23.7 Å². The van der Waals surface area contributed by atoms with Gasteiger partial charge in [-0.3, -0.25) is 0 Å². The molecule has 0 aliphatic heterocycles. The zero-order valence-electron chi connectivity index (χ0n) is 10.6. The van der Waals surface area contributed by atoms with E-state index in [2.05, 4.69) is 27.4 Å². The zero-order chi connectivity index (χ0) is 11.0. The maximum absolute atomic E-state index is 4.18. The van der Waals surface area contributed by atoms with Crippen LogP contribution in [0.15, 0.2) is 12.2 Å². The molecule has 0 aromatic carbocycles. The third kappa shape index (κ3) is 2.09. The van der Waals surface area contributed by atoms with Crippen molar-refractivity contribution in [3.63, 3.8) is 0 Å². The van der Waals surface area contributed by atoms with Crippen molar-refractivity contribution in [2.75, 3.05) is 0 Å². The predicted octanol–water partition coefficient (Wildman–Crippen LogP) is 4.62. The van der Waals surface area contributed by atoms with Crippen LogP contribution in [0.3, 0.4) is 0 Å². The van der Waals surface area contributed by atoms with Crippen LogP contribution in [0.4, 0.5) is 0 Å². The minimum Gasteiger partial charge on any atom is -0.0999 e. The van der Waals surface area contributed by atoms with E-state index in [0.29, 0.717) is 0 Å². The van der Waals surface area contributed by atoms with E-state index in [9.17, 15) is 0 Å². The van der Waals surface area contributed by atoms with Crippen LogP contribution in [-0.4, -0.2) is 0 Å². The minimum absolute atomic E-state index is 0.801. The summed E-state index contributed by atoms with van der Waals surface area (Å²) in [4.78, 5) is 0. The monoisotopic (exact) mass is 205 g/mol. The van der Waals surface area contributed by atoms with Gasteiger partial charge >= 0.3 is 0 Å². The van der Waals surface area contributed by atoms with Crippen molar-refractivity contribution in [2.45, 2.75) is 52.9 Å². The van der Waals surface area contributed by atoms with Gasteiger partial charge in [0.15, 0.2) is 0 Å². The molecule has 2 fully saturated rings. The first-order valence-electron chi connectivity index (χ1n) is 6.57. The molecule has 0 amide bonds. The Morgan fingerprint density at radius 3 is 2.67 bits per heavy atom. The fraction of sp³-hybridized carbons (Fsp3) is 0.800. The van der Waals surface area contributed by atoms with Crippen molar-refractivity contribution >= 4 is 0 Å². The van der Waals surface area contributed by atoms with Gasteiger partial charge in [-0.25, -0.2) is 0 Å². The van der Waals surface area contributed by atoms with Gasteiger partial charge in [0.2, 0.25) is 0 Å². The lowest BCUT2D eigenvalue weighted by Gasteiger charge is -2.21. The van der Waals surface area contributed by atoms with E-state index in [1.165, 1.54) is 37.7 Å². The second-order valence-electron chi connectivity index (χ2n) is 5.99. The highest BCUT2D eigenvalue weighted by Gasteiger charge is 2.46. The van der Waals surface area contributed by atoms with Crippen LogP contribution in [0.25, 0.3) is 0 Å². The number of hydrogen-bond acceptors (Lipinski definition) is 0. The third-order valence-electron chi connectivity index (χ3n) is 4.95. The van der Waals surface area contributed by atoms with Gasteiger partial charge < -0.3 is 0 Å². The fourth-order valence-electron chi connectivity index (χ4n) is 3.76. The molecule has 0 bridgehead atoms. The topological polar surface area (TPSA) is 0 Å². The maximum Gasteiger partial charge on any atom is 0.103 e. The molecular weight excluding hydrogens is 180 g/mol. The molecule has 4 atom stereocenters. The smallest absolute Gasteiger partial charge is 0.0999 e. The lowest BCUT2D eigenvalue weighted by Crippen LogP contribution is -2.17. The van der Waals surface area contributed by atoms with Crippen LogP contribution in [0.2, 0.25) is 0 Å². The Morgan fingerprint density at radius 1 is 1.27 bits per heavy atom. The number of fused-ring (bicyclic) bond motifs is 1. The molecule has 0 aromatic rings. The van der Waals surface area contributed by atoms with Crippen LogP contribution >= 0.6 is 0 Å². The van der Waals surface area contributed by atoms with Crippen molar-refractivity contribution in [3.05, 3.63) is 18.1 Å². The molecule has 0 aromatic heterocycles. The van der Waals surface area contributed by atoms with Crippen molar-refractivity contribution in [1.29, 1.82) is 0 Å². The van der Waals surface area contributed by atoms with Crippen LogP contribution in [-0.2, 0) is 0 Å². The summed E-state index contributed by atoms with van der Waals surface area (Å²) in [6.45, 7) is 11.3. The highest BCUT2D eigenvalue weighted by Crippen LogP contribution is 2.50. The van der Waals surface area contributed by atoms with Crippen molar-refractivity contribution in [3.8, 4) is 0 Å². The highest BCUT2D eigenvalue weighted by atomic mass is 14.4. The van der Waals surface area contributed by atoms with E-state index < -0.39 is 0 Å².